The van der Waals surface area contributed by atoms with Gasteiger partial charge in [0.2, 0.25) is 5.88 Å². The van der Waals surface area contributed by atoms with Gasteiger partial charge < -0.3 is 14.6 Å². The van der Waals surface area contributed by atoms with E-state index in [0.717, 1.165) is 68.1 Å². The van der Waals surface area contributed by atoms with Gasteiger partial charge in [0.15, 0.2) is 0 Å². The SMILES string of the molecule is OC[C@H]1CCc2sc3ncnc(O[C@H]4CC[C@H](N5CCOCC5)CC4)c3c21. The Morgan fingerprint density at radius 2 is 1.96 bits per heavy atom. The minimum absolute atomic E-state index is 0.192. The van der Waals surface area contributed by atoms with Gasteiger partial charge in [-0.1, -0.05) is 0 Å². The number of hydrogen-bond acceptors (Lipinski definition) is 7. The molecule has 2 aromatic heterocycles. The van der Waals surface area contributed by atoms with Crippen LogP contribution in [0.5, 0.6) is 5.88 Å². The fourth-order valence-corrected chi connectivity index (χ4v) is 6.17. The van der Waals surface area contributed by atoms with Crippen molar-refractivity contribution < 1.29 is 14.6 Å². The summed E-state index contributed by atoms with van der Waals surface area (Å²) in [5.74, 6) is 0.937. The van der Waals surface area contributed by atoms with Crippen molar-refractivity contribution in [3.63, 3.8) is 0 Å². The van der Waals surface area contributed by atoms with Gasteiger partial charge in [-0.05, 0) is 44.1 Å². The van der Waals surface area contributed by atoms with Crippen LogP contribution in [0.25, 0.3) is 10.2 Å². The van der Waals surface area contributed by atoms with E-state index in [0.29, 0.717) is 6.04 Å². The first-order chi connectivity index (χ1) is 13.3. The van der Waals surface area contributed by atoms with Crippen LogP contribution in [0.2, 0.25) is 0 Å². The molecule has 1 saturated carbocycles. The minimum Gasteiger partial charge on any atom is -0.474 e. The van der Waals surface area contributed by atoms with Crippen LogP contribution >= 0.6 is 11.3 Å². The van der Waals surface area contributed by atoms with Gasteiger partial charge >= 0.3 is 0 Å². The Hall–Kier alpha value is -1.28. The van der Waals surface area contributed by atoms with Crippen LogP contribution < -0.4 is 4.74 Å². The van der Waals surface area contributed by atoms with Gasteiger partial charge in [-0.2, -0.15) is 0 Å². The lowest BCUT2D eigenvalue weighted by molar-refractivity contribution is -0.00126. The third-order valence-corrected chi connectivity index (χ3v) is 7.57. The summed E-state index contributed by atoms with van der Waals surface area (Å²) in [6, 6.07) is 0.670. The van der Waals surface area contributed by atoms with E-state index < -0.39 is 0 Å². The highest BCUT2D eigenvalue weighted by molar-refractivity contribution is 7.19. The Morgan fingerprint density at radius 1 is 1.15 bits per heavy atom. The number of thiophene rings is 1. The first-order valence-corrected chi connectivity index (χ1v) is 11.0. The number of aliphatic hydroxyl groups excluding tert-OH is 1. The maximum atomic E-state index is 9.77. The number of rotatable bonds is 4. The number of aromatic nitrogens is 2. The monoisotopic (exact) mass is 389 g/mol. The molecule has 5 rings (SSSR count). The molecule has 7 heteroatoms. The second kappa shape index (κ2) is 7.62. The standard InChI is InChI=1S/C20H27N3O3S/c24-11-13-1-6-16-17(13)18-19(21-12-22-20(18)27-16)26-15-4-2-14(3-5-15)23-7-9-25-10-8-23/h12-15,24H,1-11H2/t13-,14-,15-/m1/s1. The Bertz CT molecular complexity index is 797. The first-order valence-electron chi connectivity index (χ1n) is 10.2. The van der Waals surface area contributed by atoms with Crippen molar-refractivity contribution in [1.29, 1.82) is 0 Å². The molecule has 2 fully saturated rings. The molecule has 1 aliphatic heterocycles. The molecule has 2 aliphatic carbocycles. The van der Waals surface area contributed by atoms with E-state index in [-0.39, 0.29) is 18.6 Å². The van der Waals surface area contributed by atoms with Gasteiger partial charge in [0, 0.05) is 29.9 Å². The summed E-state index contributed by atoms with van der Waals surface area (Å²) in [6.07, 6.45) is 8.41. The molecule has 0 amide bonds. The normalized spacial score (nSPS) is 29.1. The molecule has 0 spiro atoms. The van der Waals surface area contributed by atoms with Crippen LogP contribution in [-0.4, -0.2) is 65.0 Å². The fraction of sp³-hybridized carbons (Fsp3) is 0.700. The number of ether oxygens (including phenoxy) is 2. The number of morpholine rings is 1. The van der Waals surface area contributed by atoms with Crippen LogP contribution in [0.15, 0.2) is 6.33 Å². The first kappa shape index (κ1) is 17.8. The Labute approximate surface area is 163 Å². The zero-order chi connectivity index (χ0) is 18.2. The number of aliphatic hydroxyl groups is 1. The highest BCUT2D eigenvalue weighted by Gasteiger charge is 2.32. The van der Waals surface area contributed by atoms with Crippen molar-refractivity contribution in [3.8, 4) is 5.88 Å². The van der Waals surface area contributed by atoms with Crippen LogP contribution in [-0.2, 0) is 11.2 Å². The second-order valence-corrected chi connectivity index (χ2v) is 9.00. The minimum atomic E-state index is 0.192. The van der Waals surface area contributed by atoms with Crippen LogP contribution in [0, 0.1) is 0 Å². The quantitative estimate of drug-likeness (QED) is 0.867. The molecule has 1 N–H and O–H groups in total. The summed E-state index contributed by atoms with van der Waals surface area (Å²) in [5.41, 5.74) is 1.25. The summed E-state index contributed by atoms with van der Waals surface area (Å²) in [4.78, 5) is 13.9. The smallest absolute Gasteiger partial charge is 0.225 e. The van der Waals surface area contributed by atoms with Crippen LogP contribution in [0.1, 0.15) is 48.5 Å². The Balaban J connectivity index is 1.31. The van der Waals surface area contributed by atoms with Crippen LogP contribution in [0.3, 0.4) is 0 Å². The third-order valence-electron chi connectivity index (χ3n) is 6.40. The summed E-state index contributed by atoms with van der Waals surface area (Å²) in [6.45, 7) is 4.05. The largest absolute Gasteiger partial charge is 0.474 e. The Kier molecular flexibility index (Phi) is 5.02. The predicted molar refractivity (Wildman–Crippen MR) is 105 cm³/mol. The molecule has 0 radical (unpaired) electrons. The highest BCUT2D eigenvalue weighted by Crippen LogP contribution is 2.46. The fourth-order valence-electron chi connectivity index (χ4n) is 4.94. The van der Waals surface area contributed by atoms with Gasteiger partial charge in [0.1, 0.15) is 17.3 Å². The number of fused-ring (bicyclic) bond motifs is 3. The molecular formula is C20H27N3O3S. The molecule has 3 aliphatic rings. The molecule has 27 heavy (non-hydrogen) atoms. The lowest BCUT2D eigenvalue weighted by Crippen LogP contribution is -2.46. The van der Waals surface area contributed by atoms with Gasteiger partial charge in [0.05, 0.1) is 25.2 Å². The molecule has 146 valence electrons. The summed E-state index contributed by atoms with van der Waals surface area (Å²) < 4.78 is 11.9. The lowest BCUT2D eigenvalue weighted by Gasteiger charge is -2.38. The lowest BCUT2D eigenvalue weighted by atomic mass is 9.91. The van der Waals surface area contributed by atoms with Crippen LogP contribution in [0.4, 0.5) is 0 Å². The number of hydrogen-bond donors (Lipinski definition) is 1. The second-order valence-electron chi connectivity index (χ2n) is 7.91. The van der Waals surface area contributed by atoms with E-state index in [1.54, 1.807) is 17.7 Å². The Morgan fingerprint density at radius 3 is 2.74 bits per heavy atom. The molecule has 2 aromatic rings. The number of aryl methyl sites for hydroxylation is 1. The average molecular weight is 390 g/mol. The summed E-state index contributed by atoms with van der Waals surface area (Å²) >= 11 is 1.74. The molecule has 3 heterocycles. The van der Waals surface area contributed by atoms with Crippen molar-refractivity contribution >= 4 is 21.6 Å². The predicted octanol–water partition coefficient (Wildman–Crippen LogP) is 2.74. The molecular weight excluding hydrogens is 362 g/mol. The molecule has 1 atom stereocenters. The van der Waals surface area contributed by atoms with Gasteiger partial charge in [-0.15, -0.1) is 11.3 Å². The van der Waals surface area contributed by atoms with Crippen molar-refractivity contribution in [3.05, 3.63) is 16.8 Å². The zero-order valence-electron chi connectivity index (χ0n) is 15.6. The van der Waals surface area contributed by atoms with Crippen molar-refractivity contribution in [2.45, 2.75) is 56.6 Å². The molecule has 6 nitrogen and oxygen atoms in total. The van der Waals surface area contributed by atoms with Gasteiger partial charge in [-0.25, -0.2) is 9.97 Å². The summed E-state index contributed by atoms with van der Waals surface area (Å²) in [7, 11) is 0. The summed E-state index contributed by atoms with van der Waals surface area (Å²) in [5, 5.41) is 10.8. The van der Waals surface area contributed by atoms with E-state index in [4.69, 9.17) is 9.47 Å². The zero-order valence-corrected chi connectivity index (χ0v) is 16.4. The highest BCUT2D eigenvalue weighted by atomic mass is 32.1. The average Bonchev–Trinajstić information content (AvgIpc) is 3.28. The van der Waals surface area contributed by atoms with Crippen molar-refractivity contribution in [1.82, 2.24) is 14.9 Å². The van der Waals surface area contributed by atoms with Gasteiger partial charge in [-0.3, -0.25) is 4.90 Å². The van der Waals surface area contributed by atoms with E-state index in [1.807, 2.05) is 0 Å². The molecule has 1 saturated heterocycles. The molecule has 0 unspecified atom stereocenters. The van der Waals surface area contributed by atoms with Crippen molar-refractivity contribution in [2.24, 2.45) is 0 Å². The van der Waals surface area contributed by atoms with E-state index in [9.17, 15) is 5.11 Å². The molecule has 0 bridgehead atoms. The third kappa shape index (κ3) is 3.35. The van der Waals surface area contributed by atoms with Crippen molar-refractivity contribution in [2.75, 3.05) is 32.9 Å². The van der Waals surface area contributed by atoms with E-state index in [1.165, 1.54) is 23.3 Å². The van der Waals surface area contributed by atoms with E-state index in [2.05, 4.69) is 14.9 Å². The number of nitrogens with zero attached hydrogens (tertiary/aromatic N) is 3. The topological polar surface area (TPSA) is 67.7 Å². The van der Waals surface area contributed by atoms with Gasteiger partial charge in [0.25, 0.3) is 0 Å². The maximum absolute atomic E-state index is 9.77. The maximum Gasteiger partial charge on any atom is 0.225 e. The van der Waals surface area contributed by atoms with E-state index >= 15 is 0 Å². The molecule has 0 aromatic carbocycles.